The Bertz CT molecular complexity index is 662. The number of rotatable bonds is 5. The van der Waals surface area contributed by atoms with Crippen molar-refractivity contribution >= 4 is 15.5 Å². The summed E-state index contributed by atoms with van der Waals surface area (Å²) in [5.74, 6) is 1.35. The van der Waals surface area contributed by atoms with Gasteiger partial charge in [0.25, 0.3) is 0 Å². The zero-order valence-corrected chi connectivity index (χ0v) is 11.7. The molecule has 0 spiro atoms. The van der Waals surface area contributed by atoms with E-state index in [2.05, 4.69) is 10.3 Å². The molecular formula is C13H16N2O3S. The fraction of sp³-hybridized carbons (Fsp3) is 0.308. The lowest BCUT2D eigenvalue weighted by molar-refractivity contribution is 0.465. The Labute approximate surface area is 112 Å². The molecule has 6 heteroatoms. The SMILES string of the molecule is CCc1cnc(CNc2ccccc2S(C)(=O)=O)o1. The number of oxazole rings is 1. The molecule has 19 heavy (non-hydrogen) atoms. The quantitative estimate of drug-likeness (QED) is 0.909. The maximum Gasteiger partial charge on any atom is 0.213 e. The van der Waals surface area contributed by atoms with Gasteiger partial charge in [-0.2, -0.15) is 0 Å². The molecule has 0 saturated carbocycles. The van der Waals surface area contributed by atoms with Crippen molar-refractivity contribution < 1.29 is 12.8 Å². The monoisotopic (exact) mass is 280 g/mol. The Hall–Kier alpha value is -1.82. The molecular weight excluding hydrogens is 264 g/mol. The van der Waals surface area contributed by atoms with Crippen molar-refractivity contribution in [1.82, 2.24) is 4.98 Å². The molecule has 0 aliphatic carbocycles. The zero-order valence-electron chi connectivity index (χ0n) is 10.9. The average molecular weight is 280 g/mol. The summed E-state index contributed by atoms with van der Waals surface area (Å²) in [6, 6.07) is 6.77. The number of aromatic nitrogens is 1. The van der Waals surface area contributed by atoms with Gasteiger partial charge in [0, 0.05) is 12.7 Å². The summed E-state index contributed by atoms with van der Waals surface area (Å²) >= 11 is 0. The summed E-state index contributed by atoms with van der Waals surface area (Å²) in [7, 11) is -3.25. The van der Waals surface area contributed by atoms with E-state index in [1.165, 1.54) is 6.26 Å². The third kappa shape index (κ3) is 3.35. The highest BCUT2D eigenvalue weighted by molar-refractivity contribution is 7.90. The van der Waals surface area contributed by atoms with Crippen LogP contribution in [-0.4, -0.2) is 19.7 Å². The van der Waals surface area contributed by atoms with E-state index in [0.717, 1.165) is 12.2 Å². The lowest BCUT2D eigenvalue weighted by Crippen LogP contribution is -2.06. The van der Waals surface area contributed by atoms with Crippen LogP contribution in [-0.2, 0) is 22.8 Å². The van der Waals surface area contributed by atoms with Crippen LogP contribution in [0, 0.1) is 0 Å². The highest BCUT2D eigenvalue weighted by Gasteiger charge is 2.12. The molecule has 0 atom stereocenters. The van der Waals surface area contributed by atoms with Gasteiger partial charge in [-0.1, -0.05) is 19.1 Å². The van der Waals surface area contributed by atoms with Gasteiger partial charge in [0.05, 0.1) is 23.3 Å². The van der Waals surface area contributed by atoms with E-state index < -0.39 is 9.84 Å². The molecule has 102 valence electrons. The molecule has 0 unspecified atom stereocenters. The smallest absolute Gasteiger partial charge is 0.213 e. The highest BCUT2D eigenvalue weighted by Crippen LogP contribution is 2.21. The first-order valence-electron chi connectivity index (χ1n) is 5.97. The number of benzene rings is 1. The largest absolute Gasteiger partial charge is 0.444 e. The van der Waals surface area contributed by atoms with E-state index in [4.69, 9.17) is 4.42 Å². The van der Waals surface area contributed by atoms with Gasteiger partial charge in [0.2, 0.25) is 5.89 Å². The number of para-hydroxylation sites is 1. The minimum atomic E-state index is -3.25. The summed E-state index contributed by atoms with van der Waals surface area (Å²) in [4.78, 5) is 4.39. The predicted molar refractivity (Wildman–Crippen MR) is 72.8 cm³/mol. The summed E-state index contributed by atoms with van der Waals surface area (Å²) in [6.07, 6.45) is 3.65. The maximum atomic E-state index is 11.6. The molecule has 1 heterocycles. The summed E-state index contributed by atoms with van der Waals surface area (Å²) < 4.78 is 28.7. The van der Waals surface area contributed by atoms with Gasteiger partial charge in [0.1, 0.15) is 5.76 Å². The van der Waals surface area contributed by atoms with Crippen LogP contribution in [0.2, 0.25) is 0 Å². The number of nitrogens with zero attached hydrogens (tertiary/aromatic N) is 1. The summed E-state index contributed by atoms with van der Waals surface area (Å²) in [5, 5.41) is 3.04. The van der Waals surface area contributed by atoms with Gasteiger partial charge in [-0.25, -0.2) is 13.4 Å². The van der Waals surface area contributed by atoms with Crippen LogP contribution in [0.15, 0.2) is 39.8 Å². The minimum absolute atomic E-state index is 0.275. The van der Waals surface area contributed by atoms with Crippen molar-refractivity contribution in [2.75, 3.05) is 11.6 Å². The first-order chi connectivity index (χ1) is 9.00. The Kier molecular flexibility index (Phi) is 3.90. The lowest BCUT2D eigenvalue weighted by atomic mass is 10.3. The molecule has 0 fully saturated rings. The van der Waals surface area contributed by atoms with Crippen LogP contribution in [0.4, 0.5) is 5.69 Å². The van der Waals surface area contributed by atoms with Crippen LogP contribution < -0.4 is 5.32 Å². The number of aryl methyl sites for hydroxylation is 1. The molecule has 0 bridgehead atoms. The normalized spacial score (nSPS) is 11.5. The third-order valence-corrected chi connectivity index (χ3v) is 3.82. The summed E-state index contributed by atoms with van der Waals surface area (Å²) in [5.41, 5.74) is 0.557. The van der Waals surface area contributed by atoms with E-state index in [1.54, 1.807) is 30.5 Å². The van der Waals surface area contributed by atoms with Gasteiger partial charge in [-0.05, 0) is 12.1 Å². The first kappa shape index (κ1) is 13.6. The number of hydrogen-bond donors (Lipinski definition) is 1. The van der Waals surface area contributed by atoms with Crippen LogP contribution in [0.5, 0.6) is 0 Å². The van der Waals surface area contributed by atoms with Gasteiger partial charge < -0.3 is 9.73 Å². The predicted octanol–water partition coefficient (Wildman–Crippen LogP) is 2.25. The molecule has 2 aromatic rings. The van der Waals surface area contributed by atoms with Crippen molar-refractivity contribution in [3.63, 3.8) is 0 Å². The Balaban J connectivity index is 2.16. The number of anilines is 1. The van der Waals surface area contributed by atoms with E-state index in [-0.39, 0.29) is 4.90 Å². The maximum absolute atomic E-state index is 11.6. The molecule has 1 N–H and O–H groups in total. The number of hydrogen-bond acceptors (Lipinski definition) is 5. The summed E-state index contributed by atoms with van der Waals surface area (Å²) in [6.45, 7) is 2.34. The number of nitrogens with one attached hydrogen (secondary N) is 1. The van der Waals surface area contributed by atoms with E-state index in [1.807, 2.05) is 6.92 Å². The van der Waals surface area contributed by atoms with Crippen molar-refractivity contribution in [3.05, 3.63) is 42.1 Å². The number of sulfone groups is 1. The van der Waals surface area contributed by atoms with Gasteiger partial charge in [-0.15, -0.1) is 0 Å². The van der Waals surface area contributed by atoms with Crippen LogP contribution in [0.3, 0.4) is 0 Å². The molecule has 0 aliphatic rings. The fourth-order valence-electron chi connectivity index (χ4n) is 1.70. The molecule has 1 aromatic carbocycles. The van der Waals surface area contributed by atoms with Crippen molar-refractivity contribution in [2.45, 2.75) is 24.8 Å². The second-order valence-electron chi connectivity index (χ2n) is 4.20. The van der Waals surface area contributed by atoms with Crippen LogP contribution >= 0.6 is 0 Å². The highest BCUT2D eigenvalue weighted by atomic mass is 32.2. The van der Waals surface area contributed by atoms with E-state index in [0.29, 0.717) is 18.1 Å². The Morgan fingerprint density at radius 2 is 2.05 bits per heavy atom. The molecule has 5 nitrogen and oxygen atoms in total. The molecule has 0 aliphatic heterocycles. The van der Waals surface area contributed by atoms with E-state index in [9.17, 15) is 8.42 Å². The molecule has 0 amide bonds. The van der Waals surface area contributed by atoms with Gasteiger partial charge in [-0.3, -0.25) is 0 Å². The third-order valence-electron chi connectivity index (χ3n) is 2.67. The first-order valence-corrected chi connectivity index (χ1v) is 7.86. The topological polar surface area (TPSA) is 72.2 Å². The van der Waals surface area contributed by atoms with Crippen molar-refractivity contribution in [1.29, 1.82) is 0 Å². The Morgan fingerprint density at radius 3 is 2.68 bits per heavy atom. The van der Waals surface area contributed by atoms with Crippen molar-refractivity contribution in [3.8, 4) is 0 Å². The van der Waals surface area contributed by atoms with Crippen LogP contribution in [0.1, 0.15) is 18.6 Å². The molecule has 1 aromatic heterocycles. The van der Waals surface area contributed by atoms with Crippen molar-refractivity contribution in [2.24, 2.45) is 0 Å². The standard InChI is InChI=1S/C13H16N2O3S/c1-3-10-8-15-13(18-10)9-14-11-6-4-5-7-12(11)19(2,16)17/h4-8,14H,3,9H2,1-2H3. The Morgan fingerprint density at radius 1 is 1.32 bits per heavy atom. The lowest BCUT2D eigenvalue weighted by Gasteiger charge is -2.08. The molecule has 0 radical (unpaired) electrons. The van der Waals surface area contributed by atoms with Crippen LogP contribution in [0.25, 0.3) is 0 Å². The second kappa shape index (κ2) is 5.44. The van der Waals surface area contributed by atoms with E-state index >= 15 is 0 Å². The molecule has 2 rings (SSSR count). The average Bonchev–Trinajstić information content (AvgIpc) is 2.83. The van der Waals surface area contributed by atoms with Gasteiger partial charge >= 0.3 is 0 Å². The van der Waals surface area contributed by atoms with Gasteiger partial charge in [0.15, 0.2) is 9.84 Å². The fourth-order valence-corrected chi connectivity index (χ4v) is 2.57. The minimum Gasteiger partial charge on any atom is -0.444 e. The second-order valence-corrected chi connectivity index (χ2v) is 6.18. The zero-order chi connectivity index (χ0) is 13.9. The molecule has 0 saturated heterocycles.